The number of ether oxygens (including phenoxy) is 1. The van der Waals surface area contributed by atoms with Crippen LogP contribution in [-0.2, 0) is 4.74 Å². The fourth-order valence-electron chi connectivity index (χ4n) is 3.48. The van der Waals surface area contributed by atoms with Crippen molar-refractivity contribution in [3.63, 3.8) is 0 Å². The Bertz CT molecular complexity index is 650. The van der Waals surface area contributed by atoms with Crippen molar-refractivity contribution in [2.75, 3.05) is 0 Å². The molecule has 0 amide bonds. The molecule has 0 fully saturated rings. The number of hydrogen-bond acceptors (Lipinski definition) is 2. The summed E-state index contributed by atoms with van der Waals surface area (Å²) in [6.07, 6.45) is 8.65. The molecule has 2 heteroatoms. The predicted octanol–water partition coefficient (Wildman–Crippen LogP) is 6.20. The average Bonchev–Trinajstić information content (AvgIpc) is 2.84. The fraction of sp³-hybridized carbons (Fsp3) is 0.522. The molecule has 2 atom stereocenters. The zero-order valence-corrected chi connectivity index (χ0v) is 16.5. The number of carbonyl (C=O) groups excluding carboxylic acids is 1. The van der Waals surface area contributed by atoms with Crippen LogP contribution in [0, 0.1) is 16.7 Å². The molecule has 2 nitrogen and oxygen atoms in total. The molecular formula is C23H32O2. The van der Waals surface area contributed by atoms with Gasteiger partial charge in [0.05, 0.1) is 5.56 Å². The van der Waals surface area contributed by atoms with Crippen molar-refractivity contribution >= 4 is 5.97 Å². The van der Waals surface area contributed by atoms with Crippen molar-refractivity contribution in [2.24, 2.45) is 16.7 Å². The minimum Gasteiger partial charge on any atom is -0.458 e. The molecule has 0 radical (unpaired) electrons. The van der Waals surface area contributed by atoms with Crippen LogP contribution in [0.1, 0.15) is 64.7 Å². The number of hydrogen-bond donors (Lipinski definition) is 0. The number of esters is 1. The Morgan fingerprint density at radius 1 is 1.32 bits per heavy atom. The monoisotopic (exact) mass is 340 g/mol. The van der Waals surface area contributed by atoms with Crippen LogP contribution in [0.2, 0.25) is 0 Å². The molecule has 25 heavy (non-hydrogen) atoms. The summed E-state index contributed by atoms with van der Waals surface area (Å²) in [6, 6.07) is 9.22. The van der Waals surface area contributed by atoms with Crippen molar-refractivity contribution in [1.82, 2.24) is 0 Å². The molecule has 0 saturated heterocycles. The van der Waals surface area contributed by atoms with E-state index in [9.17, 15) is 4.79 Å². The molecule has 0 spiro atoms. The van der Waals surface area contributed by atoms with Crippen molar-refractivity contribution in [3.05, 3.63) is 59.7 Å². The molecule has 0 aliphatic heterocycles. The second-order valence-corrected chi connectivity index (χ2v) is 8.30. The van der Waals surface area contributed by atoms with Crippen molar-refractivity contribution in [3.8, 4) is 0 Å². The lowest BCUT2D eigenvalue weighted by molar-refractivity contribution is 0.00309. The normalized spacial score (nSPS) is 21.2. The molecule has 0 saturated carbocycles. The topological polar surface area (TPSA) is 26.3 Å². The van der Waals surface area contributed by atoms with E-state index in [-0.39, 0.29) is 22.9 Å². The highest BCUT2D eigenvalue weighted by Gasteiger charge is 2.35. The van der Waals surface area contributed by atoms with E-state index in [0.29, 0.717) is 11.5 Å². The average molecular weight is 341 g/mol. The molecule has 0 unspecified atom stereocenters. The summed E-state index contributed by atoms with van der Waals surface area (Å²) in [6.45, 7) is 13.2. The third-order valence-electron chi connectivity index (χ3n) is 5.84. The smallest absolute Gasteiger partial charge is 0.338 e. The Labute approximate surface area is 153 Å². The van der Waals surface area contributed by atoms with E-state index in [1.807, 2.05) is 18.2 Å². The second kappa shape index (κ2) is 7.59. The molecule has 1 aromatic rings. The minimum absolute atomic E-state index is 0.143. The summed E-state index contributed by atoms with van der Waals surface area (Å²) in [4.78, 5) is 12.4. The van der Waals surface area contributed by atoms with Crippen LogP contribution in [0.4, 0.5) is 0 Å². The van der Waals surface area contributed by atoms with Gasteiger partial charge in [0.2, 0.25) is 0 Å². The number of benzene rings is 1. The van der Waals surface area contributed by atoms with E-state index in [2.05, 4.69) is 59.8 Å². The third-order valence-corrected chi connectivity index (χ3v) is 5.84. The largest absolute Gasteiger partial charge is 0.458 e. The van der Waals surface area contributed by atoms with Crippen molar-refractivity contribution < 1.29 is 9.53 Å². The van der Waals surface area contributed by atoms with Gasteiger partial charge in [0.15, 0.2) is 0 Å². The van der Waals surface area contributed by atoms with Gasteiger partial charge in [-0.25, -0.2) is 4.79 Å². The lowest BCUT2D eigenvalue weighted by Crippen LogP contribution is -2.32. The molecule has 0 heterocycles. The number of rotatable bonds is 6. The maximum Gasteiger partial charge on any atom is 0.338 e. The number of allylic oxidation sites excluding steroid dienone is 3. The van der Waals surface area contributed by atoms with Gasteiger partial charge < -0.3 is 4.74 Å². The Morgan fingerprint density at radius 3 is 2.48 bits per heavy atom. The first-order valence-electron chi connectivity index (χ1n) is 9.31. The Hall–Kier alpha value is -1.83. The van der Waals surface area contributed by atoms with Crippen LogP contribution in [0.15, 0.2) is 54.1 Å². The highest BCUT2D eigenvalue weighted by molar-refractivity contribution is 5.89. The summed E-state index contributed by atoms with van der Waals surface area (Å²) in [5, 5.41) is 0. The van der Waals surface area contributed by atoms with Crippen molar-refractivity contribution in [2.45, 2.75) is 60.5 Å². The first-order valence-corrected chi connectivity index (χ1v) is 9.31. The summed E-state index contributed by atoms with van der Waals surface area (Å²) >= 11 is 0. The van der Waals surface area contributed by atoms with Gasteiger partial charge in [0.25, 0.3) is 0 Å². The van der Waals surface area contributed by atoms with Crippen LogP contribution >= 0.6 is 0 Å². The maximum atomic E-state index is 12.4. The lowest BCUT2D eigenvalue weighted by Gasteiger charge is -2.32. The minimum atomic E-state index is -0.243. The standard InChI is InChI=1S/C23H32O2/c1-7-20(25-21(24)18-11-9-8-10-12-18)22(3,4)16-15-19-14-13-17(2)23(19,5)6/h8-13,15-16,19-20H,7,14H2,1-6H3/t19-,20-/m0/s1. The Morgan fingerprint density at radius 2 is 1.96 bits per heavy atom. The molecule has 136 valence electrons. The predicted molar refractivity (Wildman–Crippen MR) is 105 cm³/mol. The first kappa shape index (κ1) is 19.5. The summed E-state index contributed by atoms with van der Waals surface area (Å²) in [7, 11) is 0. The molecule has 1 aliphatic carbocycles. The summed E-state index contributed by atoms with van der Waals surface area (Å²) in [5.74, 6) is 0.265. The fourth-order valence-corrected chi connectivity index (χ4v) is 3.48. The molecule has 0 N–H and O–H groups in total. The van der Waals surface area contributed by atoms with Gasteiger partial charge in [-0.1, -0.05) is 76.6 Å². The SMILES string of the molecule is CC[C@H](OC(=O)c1ccccc1)C(C)(C)C=C[C@@H]1CC=C(C)C1(C)C. The quantitative estimate of drug-likeness (QED) is 0.455. The van der Waals surface area contributed by atoms with E-state index in [1.165, 1.54) is 5.57 Å². The van der Waals surface area contributed by atoms with Crippen LogP contribution < -0.4 is 0 Å². The van der Waals surface area contributed by atoms with Gasteiger partial charge in [-0.3, -0.25) is 0 Å². The molecule has 0 bridgehead atoms. The maximum absolute atomic E-state index is 12.4. The van der Waals surface area contributed by atoms with E-state index >= 15 is 0 Å². The molecule has 1 aromatic carbocycles. The van der Waals surface area contributed by atoms with Gasteiger partial charge in [0.1, 0.15) is 6.10 Å². The van der Waals surface area contributed by atoms with Gasteiger partial charge in [-0.15, -0.1) is 0 Å². The van der Waals surface area contributed by atoms with Crippen LogP contribution in [0.3, 0.4) is 0 Å². The zero-order chi connectivity index (χ0) is 18.7. The van der Waals surface area contributed by atoms with E-state index in [1.54, 1.807) is 12.1 Å². The Balaban J connectivity index is 2.08. The molecule has 1 aliphatic rings. The lowest BCUT2D eigenvalue weighted by atomic mass is 9.75. The van der Waals surface area contributed by atoms with E-state index < -0.39 is 0 Å². The van der Waals surface area contributed by atoms with E-state index in [4.69, 9.17) is 4.74 Å². The van der Waals surface area contributed by atoms with Crippen LogP contribution in [0.25, 0.3) is 0 Å². The van der Waals surface area contributed by atoms with Crippen LogP contribution in [-0.4, -0.2) is 12.1 Å². The third kappa shape index (κ3) is 4.42. The first-order chi connectivity index (χ1) is 11.7. The molecule has 2 rings (SSSR count). The van der Waals surface area contributed by atoms with Gasteiger partial charge in [0, 0.05) is 5.41 Å². The van der Waals surface area contributed by atoms with E-state index in [0.717, 1.165) is 12.8 Å². The van der Waals surface area contributed by atoms with Gasteiger partial charge >= 0.3 is 5.97 Å². The molecular weight excluding hydrogens is 308 g/mol. The summed E-state index contributed by atoms with van der Waals surface area (Å²) in [5.41, 5.74) is 2.07. The van der Waals surface area contributed by atoms with Gasteiger partial charge in [-0.05, 0) is 43.2 Å². The van der Waals surface area contributed by atoms with Crippen LogP contribution in [0.5, 0.6) is 0 Å². The highest BCUT2D eigenvalue weighted by atomic mass is 16.5. The van der Waals surface area contributed by atoms with Crippen molar-refractivity contribution in [1.29, 1.82) is 0 Å². The highest BCUT2D eigenvalue weighted by Crippen LogP contribution is 2.44. The number of carbonyl (C=O) groups is 1. The second-order valence-electron chi connectivity index (χ2n) is 8.30. The molecule has 0 aromatic heterocycles. The Kier molecular flexibility index (Phi) is 5.92. The van der Waals surface area contributed by atoms with Gasteiger partial charge in [-0.2, -0.15) is 0 Å². The zero-order valence-electron chi connectivity index (χ0n) is 16.5. The summed E-state index contributed by atoms with van der Waals surface area (Å²) < 4.78 is 5.84.